The van der Waals surface area contributed by atoms with Crippen molar-refractivity contribution in [1.29, 1.82) is 0 Å². The molecular weight excluding hydrogens is 354 g/mol. The highest BCUT2D eigenvalue weighted by Crippen LogP contribution is 2.22. The molecule has 148 valence electrons. The van der Waals surface area contributed by atoms with Gasteiger partial charge < -0.3 is 14.8 Å². The van der Waals surface area contributed by atoms with Gasteiger partial charge in [-0.2, -0.15) is 0 Å². The number of aryl methyl sites for hydroxylation is 3. The highest BCUT2D eigenvalue weighted by molar-refractivity contribution is 5.92. The number of amides is 1. The standard InChI is InChI=1S/C23H27NO4/c1-16-14-17(2)23(18(3)15-16)24-21(25)6-5-13-28-22(26)12-9-19-7-10-20(27-4)11-8-19/h7-12,14-15H,5-6,13H2,1-4H3,(H,24,25). The molecule has 2 rings (SSSR count). The zero-order chi connectivity index (χ0) is 20.5. The van der Waals surface area contributed by atoms with Gasteiger partial charge in [-0.05, 0) is 62.1 Å². The molecule has 0 bridgehead atoms. The van der Waals surface area contributed by atoms with Crippen LogP contribution in [0, 0.1) is 20.8 Å². The fourth-order valence-electron chi connectivity index (χ4n) is 2.91. The smallest absolute Gasteiger partial charge is 0.330 e. The molecule has 0 aromatic heterocycles. The van der Waals surface area contributed by atoms with Crippen molar-refractivity contribution in [3.8, 4) is 5.75 Å². The van der Waals surface area contributed by atoms with E-state index in [2.05, 4.69) is 5.32 Å². The van der Waals surface area contributed by atoms with Crippen molar-refractivity contribution < 1.29 is 19.1 Å². The van der Waals surface area contributed by atoms with Gasteiger partial charge in [0.15, 0.2) is 0 Å². The first-order chi connectivity index (χ1) is 13.4. The molecule has 2 aromatic carbocycles. The number of hydrogen-bond donors (Lipinski definition) is 1. The van der Waals surface area contributed by atoms with Crippen molar-refractivity contribution in [1.82, 2.24) is 0 Å². The maximum atomic E-state index is 12.1. The molecule has 0 saturated heterocycles. The van der Waals surface area contributed by atoms with Crippen molar-refractivity contribution in [3.63, 3.8) is 0 Å². The number of carbonyl (C=O) groups is 2. The summed E-state index contributed by atoms with van der Waals surface area (Å²) >= 11 is 0. The van der Waals surface area contributed by atoms with Gasteiger partial charge in [-0.25, -0.2) is 4.79 Å². The quantitative estimate of drug-likeness (QED) is 0.412. The first-order valence-electron chi connectivity index (χ1n) is 9.25. The number of rotatable bonds is 8. The van der Waals surface area contributed by atoms with Crippen molar-refractivity contribution in [3.05, 3.63) is 64.7 Å². The monoisotopic (exact) mass is 381 g/mol. The van der Waals surface area contributed by atoms with Crippen LogP contribution in [0.1, 0.15) is 35.1 Å². The fourth-order valence-corrected chi connectivity index (χ4v) is 2.91. The normalized spacial score (nSPS) is 10.7. The molecule has 0 unspecified atom stereocenters. The van der Waals surface area contributed by atoms with Crippen molar-refractivity contribution in [2.45, 2.75) is 33.6 Å². The van der Waals surface area contributed by atoms with E-state index in [4.69, 9.17) is 9.47 Å². The van der Waals surface area contributed by atoms with Gasteiger partial charge in [0, 0.05) is 18.2 Å². The van der Waals surface area contributed by atoms with E-state index in [1.165, 1.54) is 11.6 Å². The summed E-state index contributed by atoms with van der Waals surface area (Å²) in [5, 5.41) is 2.95. The Hall–Kier alpha value is -3.08. The third-order valence-corrected chi connectivity index (χ3v) is 4.26. The van der Waals surface area contributed by atoms with E-state index in [0.717, 1.165) is 28.1 Å². The molecule has 0 spiro atoms. The third kappa shape index (κ3) is 6.58. The lowest BCUT2D eigenvalue weighted by atomic mass is 10.0. The predicted octanol–water partition coefficient (Wildman–Crippen LogP) is 4.60. The van der Waals surface area contributed by atoms with Crippen LogP contribution in [0.25, 0.3) is 6.08 Å². The van der Waals surface area contributed by atoms with Crippen LogP contribution in [0.5, 0.6) is 5.75 Å². The minimum Gasteiger partial charge on any atom is -0.497 e. The molecule has 0 radical (unpaired) electrons. The summed E-state index contributed by atoms with van der Waals surface area (Å²) < 4.78 is 10.2. The lowest BCUT2D eigenvalue weighted by Crippen LogP contribution is -2.14. The SMILES string of the molecule is COc1ccc(C=CC(=O)OCCCC(=O)Nc2c(C)cc(C)cc2C)cc1. The third-order valence-electron chi connectivity index (χ3n) is 4.26. The molecule has 1 N–H and O–H groups in total. The van der Waals surface area contributed by atoms with Gasteiger partial charge in [0.1, 0.15) is 5.75 Å². The molecule has 5 heteroatoms. The van der Waals surface area contributed by atoms with E-state index in [0.29, 0.717) is 12.8 Å². The van der Waals surface area contributed by atoms with Crippen molar-refractivity contribution >= 4 is 23.6 Å². The Balaban J connectivity index is 1.72. The average Bonchev–Trinajstić information content (AvgIpc) is 2.66. The molecule has 0 aliphatic carbocycles. The second-order valence-electron chi connectivity index (χ2n) is 6.70. The van der Waals surface area contributed by atoms with Crippen LogP contribution in [-0.4, -0.2) is 25.6 Å². The van der Waals surface area contributed by atoms with Gasteiger partial charge in [0.05, 0.1) is 13.7 Å². The lowest BCUT2D eigenvalue weighted by Gasteiger charge is -2.12. The number of nitrogens with one attached hydrogen (secondary N) is 1. The van der Waals surface area contributed by atoms with E-state index in [1.807, 2.05) is 57.2 Å². The molecule has 0 saturated carbocycles. The minimum absolute atomic E-state index is 0.0834. The van der Waals surface area contributed by atoms with E-state index in [9.17, 15) is 9.59 Å². The maximum absolute atomic E-state index is 12.1. The van der Waals surface area contributed by atoms with Crippen LogP contribution in [0.15, 0.2) is 42.5 Å². The van der Waals surface area contributed by atoms with Gasteiger partial charge in [0.25, 0.3) is 0 Å². The van der Waals surface area contributed by atoms with Gasteiger partial charge in [0.2, 0.25) is 5.91 Å². The summed E-state index contributed by atoms with van der Waals surface area (Å²) in [5.41, 5.74) is 4.99. The second-order valence-corrected chi connectivity index (χ2v) is 6.70. The Kier molecular flexibility index (Phi) is 7.81. The topological polar surface area (TPSA) is 64.6 Å². The number of benzene rings is 2. The molecule has 0 fully saturated rings. The van der Waals surface area contributed by atoms with Gasteiger partial charge in [-0.15, -0.1) is 0 Å². The van der Waals surface area contributed by atoms with E-state index < -0.39 is 5.97 Å². The molecule has 1 amide bonds. The highest BCUT2D eigenvalue weighted by atomic mass is 16.5. The molecule has 0 atom stereocenters. The molecule has 5 nitrogen and oxygen atoms in total. The first kappa shape index (κ1) is 21.2. The maximum Gasteiger partial charge on any atom is 0.330 e. The summed E-state index contributed by atoms with van der Waals surface area (Å²) in [5.74, 6) is 0.246. The van der Waals surface area contributed by atoms with Crippen LogP contribution in [0.4, 0.5) is 5.69 Å². The summed E-state index contributed by atoms with van der Waals surface area (Å²) in [6.45, 7) is 6.19. The lowest BCUT2D eigenvalue weighted by molar-refractivity contribution is -0.138. The zero-order valence-electron chi connectivity index (χ0n) is 16.9. The second kappa shape index (κ2) is 10.3. The summed E-state index contributed by atoms with van der Waals surface area (Å²) in [6, 6.07) is 11.4. The molecule has 28 heavy (non-hydrogen) atoms. The van der Waals surface area contributed by atoms with Crippen LogP contribution < -0.4 is 10.1 Å². The average molecular weight is 381 g/mol. The molecule has 0 aliphatic heterocycles. The van der Waals surface area contributed by atoms with Gasteiger partial charge >= 0.3 is 5.97 Å². The van der Waals surface area contributed by atoms with E-state index >= 15 is 0 Å². The van der Waals surface area contributed by atoms with Crippen LogP contribution >= 0.6 is 0 Å². The molecular formula is C23H27NO4. The summed E-state index contributed by atoms with van der Waals surface area (Å²) in [4.78, 5) is 23.9. The predicted molar refractivity (Wildman–Crippen MR) is 112 cm³/mol. The van der Waals surface area contributed by atoms with Crippen LogP contribution in [0.2, 0.25) is 0 Å². The van der Waals surface area contributed by atoms with Gasteiger partial charge in [-0.1, -0.05) is 29.8 Å². The minimum atomic E-state index is -0.429. The number of anilines is 1. The largest absolute Gasteiger partial charge is 0.497 e. The number of carbonyl (C=O) groups excluding carboxylic acids is 2. The molecule has 0 heterocycles. The Bertz CT molecular complexity index is 830. The Labute approximate surface area is 166 Å². The number of ether oxygens (including phenoxy) is 2. The van der Waals surface area contributed by atoms with E-state index in [-0.39, 0.29) is 12.5 Å². The summed E-state index contributed by atoms with van der Waals surface area (Å²) in [7, 11) is 1.60. The number of esters is 1. The number of hydrogen-bond acceptors (Lipinski definition) is 4. The van der Waals surface area contributed by atoms with Crippen molar-refractivity contribution in [2.24, 2.45) is 0 Å². The fraction of sp³-hybridized carbons (Fsp3) is 0.304. The Morgan fingerprint density at radius 1 is 1.04 bits per heavy atom. The Morgan fingerprint density at radius 3 is 2.29 bits per heavy atom. The first-order valence-corrected chi connectivity index (χ1v) is 9.25. The molecule has 2 aromatic rings. The number of methoxy groups -OCH3 is 1. The van der Waals surface area contributed by atoms with E-state index in [1.54, 1.807) is 13.2 Å². The highest BCUT2D eigenvalue weighted by Gasteiger charge is 2.08. The Morgan fingerprint density at radius 2 is 1.68 bits per heavy atom. The van der Waals surface area contributed by atoms with Crippen molar-refractivity contribution in [2.75, 3.05) is 19.0 Å². The van der Waals surface area contributed by atoms with Crippen LogP contribution in [0.3, 0.4) is 0 Å². The van der Waals surface area contributed by atoms with Crippen LogP contribution in [-0.2, 0) is 14.3 Å². The van der Waals surface area contributed by atoms with Gasteiger partial charge in [-0.3, -0.25) is 4.79 Å². The summed E-state index contributed by atoms with van der Waals surface area (Å²) in [6.07, 6.45) is 3.82. The molecule has 0 aliphatic rings. The zero-order valence-corrected chi connectivity index (χ0v) is 16.9.